The van der Waals surface area contributed by atoms with Crippen LogP contribution in [0, 0.1) is 5.92 Å². The largest absolute Gasteiger partial charge is 0.492 e. The molecule has 3 heterocycles. The van der Waals surface area contributed by atoms with E-state index in [9.17, 15) is 13.2 Å². The van der Waals surface area contributed by atoms with Crippen LogP contribution in [0.5, 0.6) is 0 Å². The summed E-state index contributed by atoms with van der Waals surface area (Å²) in [4.78, 5) is 21.7. The summed E-state index contributed by atoms with van der Waals surface area (Å²) in [7, 11) is -3.73. The topological polar surface area (TPSA) is 101 Å². The van der Waals surface area contributed by atoms with Crippen LogP contribution in [-0.4, -0.2) is 75.5 Å². The van der Waals surface area contributed by atoms with Gasteiger partial charge in [-0.2, -0.15) is 0 Å². The summed E-state index contributed by atoms with van der Waals surface area (Å²) in [5, 5.41) is 0. The van der Waals surface area contributed by atoms with Crippen LogP contribution in [0.4, 0.5) is 11.4 Å². The fourth-order valence-electron chi connectivity index (χ4n) is 5.30. The standard InChI is InChI=1S/C28H36N4O5S/c1-19(2)31(22-17-36-18-22)12-13-37-27-23-14-25(28(33)30-38(3,34)35)29-15-26(23)32(21-10-5-4-6-11-21)16-24(27)20-8-7-9-20/h4-6,10-11,14-15,19-20,22H,7-9,12-13,16-18H2,1-3H3,(H,30,33). The number of aromatic nitrogens is 1. The van der Waals surface area contributed by atoms with E-state index in [0.717, 1.165) is 61.6 Å². The molecule has 0 spiro atoms. The maximum atomic E-state index is 12.7. The second-order valence-corrected chi connectivity index (χ2v) is 12.3. The third-order valence-electron chi connectivity index (χ3n) is 7.56. The minimum absolute atomic E-state index is 0.0357. The van der Waals surface area contributed by atoms with Gasteiger partial charge in [-0.15, -0.1) is 0 Å². The van der Waals surface area contributed by atoms with E-state index in [2.05, 4.69) is 40.8 Å². The third kappa shape index (κ3) is 5.72. The van der Waals surface area contributed by atoms with Crippen molar-refractivity contribution in [3.63, 3.8) is 0 Å². The zero-order valence-corrected chi connectivity index (χ0v) is 23.0. The molecule has 0 atom stereocenters. The summed E-state index contributed by atoms with van der Waals surface area (Å²) in [6.45, 7) is 7.79. The molecular weight excluding hydrogens is 504 g/mol. The number of carbonyl (C=O) groups is 1. The number of carbonyl (C=O) groups excluding carboxylic acids is 1. The molecule has 1 amide bonds. The molecule has 2 aliphatic heterocycles. The van der Waals surface area contributed by atoms with E-state index in [1.165, 1.54) is 12.0 Å². The molecule has 9 nitrogen and oxygen atoms in total. The first-order chi connectivity index (χ1) is 18.2. The van der Waals surface area contributed by atoms with Crippen molar-refractivity contribution in [3.05, 3.63) is 59.4 Å². The number of nitrogens with zero attached hydrogens (tertiary/aromatic N) is 3. The zero-order chi connectivity index (χ0) is 26.9. The fraction of sp³-hybridized carbons (Fsp3) is 0.500. The summed E-state index contributed by atoms with van der Waals surface area (Å²) in [5.41, 5.74) is 3.87. The Morgan fingerprint density at radius 3 is 2.55 bits per heavy atom. The first kappa shape index (κ1) is 26.6. The number of fused-ring (bicyclic) bond motifs is 1. The van der Waals surface area contributed by atoms with Gasteiger partial charge in [0.25, 0.3) is 5.91 Å². The molecule has 5 rings (SSSR count). The van der Waals surface area contributed by atoms with Crippen LogP contribution in [0.25, 0.3) is 5.76 Å². The van der Waals surface area contributed by atoms with E-state index in [-0.39, 0.29) is 5.69 Å². The normalized spacial score (nSPS) is 18.3. The summed E-state index contributed by atoms with van der Waals surface area (Å²) >= 11 is 0. The zero-order valence-electron chi connectivity index (χ0n) is 22.2. The van der Waals surface area contributed by atoms with Crippen molar-refractivity contribution in [2.75, 3.05) is 44.1 Å². The van der Waals surface area contributed by atoms with Crippen LogP contribution in [0.15, 0.2) is 48.2 Å². The van der Waals surface area contributed by atoms with Crippen LogP contribution >= 0.6 is 0 Å². The summed E-state index contributed by atoms with van der Waals surface area (Å²) in [6, 6.07) is 12.5. The summed E-state index contributed by atoms with van der Waals surface area (Å²) < 4.78 is 37.5. The minimum Gasteiger partial charge on any atom is -0.492 e. The molecule has 1 aliphatic carbocycles. The van der Waals surface area contributed by atoms with E-state index >= 15 is 0 Å². The number of hydrogen-bond acceptors (Lipinski definition) is 8. The molecule has 2 aromatic rings. The lowest BCUT2D eigenvalue weighted by Crippen LogP contribution is -2.52. The lowest BCUT2D eigenvalue weighted by molar-refractivity contribution is -0.0784. The number of amides is 1. The molecule has 2 fully saturated rings. The molecule has 0 bridgehead atoms. The number of sulfonamides is 1. The van der Waals surface area contributed by atoms with Crippen LogP contribution in [-0.2, 0) is 19.5 Å². The number of ether oxygens (including phenoxy) is 2. The van der Waals surface area contributed by atoms with Gasteiger partial charge in [-0.25, -0.2) is 18.1 Å². The molecule has 1 N–H and O–H groups in total. The average Bonchev–Trinajstić information content (AvgIpc) is 2.80. The van der Waals surface area contributed by atoms with Gasteiger partial charge in [0.15, 0.2) is 0 Å². The third-order valence-corrected chi connectivity index (χ3v) is 8.12. The number of anilines is 2. The van der Waals surface area contributed by atoms with E-state index in [1.807, 2.05) is 22.9 Å². The Kier molecular flexibility index (Phi) is 7.74. The van der Waals surface area contributed by atoms with Gasteiger partial charge in [0.1, 0.15) is 18.1 Å². The fourth-order valence-corrected chi connectivity index (χ4v) is 5.74. The second-order valence-electron chi connectivity index (χ2n) is 10.6. The van der Waals surface area contributed by atoms with E-state index in [4.69, 9.17) is 9.47 Å². The molecule has 1 saturated carbocycles. The molecule has 38 heavy (non-hydrogen) atoms. The Morgan fingerprint density at radius 2 is 1.97 bits per heavy atom. The highest BCUT2D eigenvalue weighted by Crippen LogP contribution is 2.45. The van der Waals surface area contributed by atoms with Crippen LogP contribution in [0.3, 0.4) is 0 Å². The van der Waals surface area contributed by atoms with Gasteiger partial charge in [0, 0.05) is 30.4 Å². The highest BCUT2D eigenvalue weighted by Gasteiger charge is 2.35. The highest BCUT2D eigenvalue weighted by atomic mass is 32.2. The smallest absolute Gasteiger partial charge is 0.283 e. The summed E-state index contributed by atoms with van der Waals surface area (Å²) in [6.07, 6.45) is 5.99. The van der Waals surface area contributed by atoms with E-state index in [1.54, 1.807) is 12.3 Å². The second kappa shape index (κ2) is 11.0. The van der Waals surface area contributed by atoms with Gasteiger partial charge in [0.05, 0.1) is 37.4 Å². The maximum absolute atomic E-state index is 12.7. The van der Waals surface area contributed by atoms with Gasteiger partial charge < -0.3 is 14.4 Å². The first-order valence-electron chi connectivity index (χ1n) is 13.3. The Balaban J connectivity index is 1.51. The van der Waals surface area contributed by atoms with Crippen molar-refractivity contribution in [2.45, 2.75) is 45.2 Å². The quantitative estimate of drug-likeness (QED) is 0.488. The van der Waals surface area contributed by atoms with Crippen molar-refractivity contribution < 1.29 is 22.7 Å². The monoisotopic (exact) mass is 540 g/mol. The number of hydrogen-bond donors (Lipinski definition) is 1. The molecular formula is C28H36N4O5S. The Labute approximate surface area is 224 Å². The van der Waals surface area contributed by atoms with Crippen molar-refractivity contribution in [2.24, 2.45) is 5.92 Å². The molecule has 1 saturated heterocycles. The number of pyridine rings is 1. The van der Waals surface area contributed by atoms with Gasteiger partial charge in [0.2, 0.25) is 10.0 Å². The maximum Gasteiger partial charge on any atom is 0.283 e. The minimum atomic E-state index is -3.73. The number of benzene rings is 1. The predicted molar refractivity (Wildman–Crippen MR) is 147 cm³/mol. The van der Waals surface area contributed by atoms with Crippen LogP contribution in [0.2, 0.25) is 0 Å². The van der Waals surface area contributed by atoms with Crippen LogP contribution < -0.4 is 9.62 Å². The summed E-state index contributed by atoms with van der Waals surface area (Å²) in [5.74, 6) is 0.445. The van der Waals surface area contributed by atoms with Crippen molar-refractivity contribution in [1.29, 1.82) is 0 Å². The average molecular weight is 541 g/mol. The Hall–Kier alpha value is -2.95. The Bertz CT molecular complexity index is 1300. The molecule has 1 aromatic heterocycles. The highest BCUT2D eigenvalue weighted by molar-refractivity contribution is 7.89. The number of nitrogens with one attached hydrogen (secondary N) is 1. The van der Waals surface area contributed by atoms with Gasteiger partial charge in [-0.1, -0.05) is 24.6 Å². The molecule has 0 radical (unpaired) electrons. The van der Waals surface area contributed by atoms with Crippen molar-refractivity contribution in [1.82, 2.24) is 14.6 Å². The lowest BCUT2D eigenvalue weighted by Gasteiger charge is -2.41. The van der Waals surface area contributed by atoms with Gasteiger partial charge in [-0.3, -0.25) is 9.69 Å². The van der Waals surface area contributed by atoms with Crippen LogP contribution in [0.1, 0.15) is 49.2 Å². The van der Waals surface area contributed by atoms with Gasteiger partial charge in [-0.05, 0) is 56.4 Å². The van der Waals surface area contributed by atoms with Crippen molar-refractivity contribution >= 4 is 33.1 Å². The molecule has 3 aliphatic rings. The van der Waals surface area contributed by atoms with E-state index < -0.39 is 15.9 Å². The first-order valence-corrected chi connectivity index (χ1v) is 15.1. The molecule has 0 unspecified atom stereocenters. The van der Waals surface area contributed by atoms with Crippen molar-refractivity contribution in [3.8, 4) is 0 Å². The molecule has 1 aromatic carbocycles. The van der Waals surface area contributed by atoms with Gasteiger partial charge >= 0.3 is 0 Å². The SMILES string of the molecule is CC(C)N(CCOC1=C(C2CCC2)CN(c2ccccc2)c2cnc(C(=O)NS(C)(=O)=O)cc21)C1COC1. The lowest BCUT2D eigenvalue weighted by atomic mass is 9.77. The number of para-hydroxylation sites is 1. The van der Waals surface area contributed by atoms with E-state index in [0.29, 0.717) is 31.2 Å². The molecule has 204 valence electrons. The molecule has 10 heteroatoms. The number of rotatable bonds is 10. The Morgan fingerprint density at radius 1 is 1.24 bits per heavy atom. The predicted octanol–water partition coefficient (Wildman–Crippen LogP) is 3.56.